The zero-order valence-corrected chi connectivity index (χ0v) is 12.8. The van der Waals surface area contributed by atoms with E-state index in [4.69, 9.17) is 18.9 Å². The van der Waals surface area contributed by atoms with E-state index in [-0.39, 0.29) is 18.5 Å². The highest BCUT2D eigenvalue weighted by molar-refractivity contribution is 4.89. The SMILES string of the molecule is CC/C=C/[C@H]1CO[C@H](C2COC(CCCC)OC2)OC1. The standard InChI is InChI=1S/C16H28O4/c1-3-5-7-13-9-19-16(20-10-13)14-11-17-15(18-12-14)8-6-4-2/h5,7,13-16H,3-4,6,8-12H2,1-2H3/b7-5+/t13-,14?,15?,16-. The van der Waals surface area contributed by atoms with Crippen LogP contribution in [-0.2, 0) is 18.9 Å². The predicted octanol–water partition coefficient (Wildman–Crippen LogP) is 3.12. The molecule has 0 aromatic heterocycles. The lowest BCUT2D eigenvalue weighted by Gasteiger charge is -2.37. The Bertz CT molecular complexity index is 276. The van der Waals surface area contributed by atoms with Crippen molar-refractivity contribution in [1.82, 2.24) is 0 Å². The summed E-state index contributed by atoms with van der Waals surface area (Å²) in [5.41, 5.74) is 0. The van der Waals surface area contributed by atoms with Gasteiger partial charge in [-0.1, -0.05) is 32.4 Å². The van der Waals surface area contributed by atoms with Crippen molar-refractivity contribution in [3.8, 4) is 0 Å². The highest BCUT2D eigenvalue weighted by atomic mass is 16.7. The molecule has 0 radical (unpaired) electrons. The van der Waals surface area contributed by atoms with Crippen LogP contribution in [0.1, 0.15) is 39.5 Å². The highest BCUT2D eigenvalue weighted by Gasteiger charge is 2.32. The second-order valence-corrected chi connectivity index (χ2v) is 5.63. The first kappa shape index (κ1) is 16.0. The van der Waals surface area contributed by atoms with E-state index in [1.807, 2.05) is 0 Å². The van der Waals surface area contributed by atoms with Gasteiger partial charge >= 0.3 is 0 Å². The van der Waals surface area contributed by atoms with Crippen LogP contribution in [0, 0.1) is 11.8 Å². The van der Waals surface area contributed by atoms with Crippen molar-refractivity contribution in [3.05, 3.63) is 12.2 Å². The second-order valence-electron chi connectivity index (χ2n) is 5.63. The largest absolute Gasteiger partial charge is 0.352 e. The van der Waals surface area contributed by atoms with Gasteiger partial charge in [-0.2, -0.15) is 0 Å². The van der Waals surface area contributed by atoms with E-state index in [0.717, 1.165) is 32.5 Å². The molecule has 0 atom stereocenters. The Hall–Kier alpha value is -0.420. The van der Waals surface area contributed by atoms with E-state index in [9.17, 15) is 0 Å². The molecule has 0 aliphatic carbocycles. The third kappa shape index (κ3) is 4.85. The average molecular weight is 284 g/mol. The smallest absolute Gasteiger partial charge is 0.164 e. The molecule has 0 aromatic rings. The highest BCUT2D eigenvalue weighted by Crippen LogP contribution is 2.24. The topological polar surface area (TPSA) is 36.9 Å². The molecule has 0 bridgehead atoms. The maximum Gasteiger partial charge on any atom is 0.164 e. The van der Waals surface area contributed by atoms with Crippen molar-refractivity contribution in [2.75, 3.05) is 26.4 Å². The summed E-state index contributed by atoms with van der Waals surface area (Å²) >= 11 is 0. The molecular formula is C16H28O4. The number of hydrogen-bond acceptors (Lipinski definition) is 4. The van der Waals surface area contributed by atoms with E-state index in [0.29, 0.717) is 19.1 Å². The Kier molecular flexibility index (Phi) is 7.00. The van der Waals surface area contributed by atoms with Gasteiger partial charge in [0, 0.05) is 5.92 Å². The Labute approximate surface area is 122 Å². The van der Waals surface area contributed by atoms with Gasteiger partial charge < -0.3 is 18.9 Å². The molecule has 2 rings (SSSR count). The van der Waals surface area contributed by atoms with Crippen molar-refractivity contribution < 1.29 is 18.9 Å². The van der Waals surface area contributed by atoms with Crippen LogP contribution in [0.2, 0.25) is 0 Å². The van der Waals surface area contributed by atoms with Gasteiger partial charge in [0.1, 0.15) is 0 Å². The molecule has 2 aliphatic heterocycles. The number of unbranched alkanes of at least 4 members (excludes halogenated alkanes) is 1. The molecule has 0 amide bonds. The minimum Gasteiger partial charge on any atom is -0.352 e. The molecule has 4 nitrogen and oxygen atoms in total. The summed E-state index contributed by atoms with van der Waals surface area (Å²) in [6.07, 6.45) is 8.52. The van der Waals surface area contributed by atoms with Crippen LogP contribution >= 0.6 is 0 Å². The first-order valence-corrected chi connectivity index (χ1v) is 7.96. The van der Waals surface area contributed by atoms with Crippen molar-refractivity contribution in [1.29, 1.82) is 0 Å². The third-order valence-electron chi connectivity index (χ3n) is 3.76. The van der Waals surface area contributed by atoms with Crippen molar-refractivity contribution in [2.45, 2.75) is 52.1 Å². The van der Waals surface area contributed by atoms with Crippen molar-refractivity contribution >= 4 is 0 Å². The van der Waals surface area contributed by atoms with E-state index >= 15 is 0 Å². The molecule has 0 N–H and O–H groups in total. The number of rotatable bonds is 6. The Balaban J connectivity index is 1.66. The normalized spacial score (nSPS) is 35.5. The summed E-state index contributed by atoms with van der Waals surface area (Å²) in [6, 6.07) is 0. The number of ether oxygens (including phenoxy) is 4. The molecule has 0 aromatic carbocycles. The van der Waals surface area contributed by atoms with Crippen molar-refractivity contribution in [2.24, 2.45) is 11.8 Å². The fourth-order valence-corrected chi connectivity index (χ4v) is 2.50. The molecule has 2 saturated heterocycles. The van der Waals surface area contributed by atoms with Crippen LogP contribution in [0.5, 0.6) is 0 Å². The molecule has 20 heavy (non-hydrogen) atoms. The number of allylic oxidation sites excluding steroid dienone is 1. The Morgan fingerprint density at radius 3 is 2.25 bits per heavy atom. The van der Waals surface area contributed by atoms with E-state index in [1.165, 1.54) is 6.42 Å². The minimum atomic E-state index is -0.173. The predicted molar refractivity (Wildman–Crippen MR) is 77.3 cm³/mol. The van der Waals surface area contributed by atoms with Crippen LogP contribution in [-0.4, -0.2) is 39.0 Å². The van der Waals surface area contributed by atoms with Gasteiger partial charge in [-0.25, -0.2) is 0 Å². The molecule has 2 fully saturated rings. The van der Waals surface area contributed by atoms with Crippen LogP contribution in [0.4, 0.5) is 0 Å². The molecule has 4 heteroatoms. The Morgan fingerprint density at radius 2 is 1.65 bits per heavy atom. The van der Waals surface area contributed by atoms with E-state index < -0.39 is 0 Å². The first-order valence-electron chi connectivity index (χ1n) is 7.96. The quantitative estimate of drug-likeness (QED) is 0.702. The molecular weight excluding hydrogens is 256 g/mol. The molecule has 116 valence electrons. The van der Waals surface area contributed by atoms with Gasteiger partial charge in [0.15, 0.2) is 12.6 Å². The minimum absolute atomic E-state index is 0.0324. The fraction of sp³-hybridized carbons (Fsp3) is 0.875. The lowest BCUT2D eigenvalue weighted by molar-refractivity contribution is -0.278. The van der Waals surface area contributed by atoms with Gasteiger partial charge in [-0.05, 0) is 19.3 Å². The van der Waals surface area contributed by atoms with Crippen LogP contribution in [0.15, 0.2) is 12.2 Å². The van der Waals surface area contributed by atoms with E-state index in [1.54, 1.807) is 0 Å². The zero-order valence-electron chi connectivity index (χ0n) is 12.8. The number of hydrogen-bond donors (Lipinski definition) is 0. The van der Waals surface area contributed by atoms with Crippen LogP contribution in [0.25, 0.3) is 0 Å². The van der Waals surface area contributed by atoms with Crippen LogP contribution in [0.3, 0.4) is 0 Å². The van der Waals surface area contributed by atoms with Gasteiger partial charge in [0.2, 0.25) is 0 Å². The molecule has 0 spiro atoms. The summed E-state index contributed by atoms with van der Waals surface area (Å²) in [6.45, 7) is 7.13. The summed E-state index contributed by atoms with van der Waals surface area (Å²) in [4.78, 5) is 0. The maximum atomic E-state index is 5.81. The lowest BCUT2D eigenvalue weighted by Crippen LogP contribution is -2.44. The molecule has 0 saturated carbocycles. The lowest BCUT2D eigenvalue weighted by atomic mass is 10.1. The maximum absolute atomic E-state index is 5.81. The fourth-order valence-electron chi connectivity index (χ4n) is 2.50. The van der Waals surface area contributed by atoms with E-state index in [2.05, 4.69) is 26.0 Å². The summed E-state index contributed by atoms with van der Waals surface area (Å²) in [7, 11) is 0. The summed E-state index contributed by atoms with van der Waals surface area (Å²) in [5, 5.41) is 0. The van der Waals surface area contributed by atoms with Crippen molar-refractivity contribution in [3.63, 3.8) is 0 Å². The first-order chi connectivity index (χ1) is 9.83. The summed E-state index contributed by atoms with van der Waals surface area (Å²) < 4.78 is 23.1. The Morgan fingerprint density at radius 1 is 0.950 bits per heavy atom. The zero-order chi connectivity index (χ0) is 14.2. The van der Waals surface area contributed by atoms with Gasteiger partial charge in [0.25, 0.3) is 0 Å². The summed E-state index contributed by atoms with van der Waals surface area (Å²) in [5.74, 6) is 0.581. The average Bonchev–Trinajstić information content (AvgIpc) is 2.52. The molecule has 0 unspecified atom stereocenters. The molecule has 2 aliphatic rings. The second kappa shape index (κ2) is 8.78. The monoisotopic (exact) mass is 284 g/mol. The van der Waals surface area contributed by atoms with Gasteiger partial charge in [-0.3, -0.25) is 0 Å². The van der Waals surface area contributed by atoms with Gasteiger partial charge in [-0.15, -0.1) is 0 Å². The van der Waals surface area contributed by atoms with Crippen LogP contribution < -0.4 is 0 Å². The molecule has 2 heterocycles. The third-order valence-corrected chi connectivity index (χ3v) is 3.76. The van der Waals surface area contributed by atoms with Gasteiger partial charge in [0.05, 0.1) is 32.3 Å².